The van der Waals surface area contributed by atoms with Gasteiger partial charge in [0.05, 0.1) is 0 Å². The van der Waals surface area contributed by atoms with Gasteiger partial charge in [0.25, 0.3) is 0 Å². The van der Waals surface area contributed by atoms with Gasteiger partial charge in [-0.3, -0.25) is 4.79 Å². The van der Waals surface area contributed by atoms with Crippen molar-refractivity contribution in [1.29, 1.82) is 0 Å². The Morgan fingerprint density at radius 3 is 2.32 bits per heavy atom. The number of carbonyl (C=O) groups is 2. The third kappa shape index (κ3) is 7.58. The van der Waals surface area contributed by atoms with Crippen LogP contribution >= 0.6 is 0 Å². The van der Waals surface area contributed by atoms with E-state index in [1.807, 2.05) is 30.3 Å². The summed E-state index contributed by atoms with van der Waals surface area (Å²) in [5.74, 6) is 0.109. The molecule has 0 radical (unpaired) electrons. The number of carboxylic acids is 1. The number of carbonyl (C=O) groups excluding carboxylic acids is 1. The lowest BCUT2D eigenvalue weighted by atomic mass is 9.88. The van der Waals surface area contributed by atoms with E-state index >= 15 is 0 Å². The van der Waals surface area contributed by atoms with E-state index in [-0.39, 0.29) is 18.1 Å². The van der Waals surface area contributed by atoms with Crippen molar-refractivity contribution in [2.45, 2.75) is 76.5 Å². The van der Waals surface area contributed by atoms with E-state index in [1.54, 1.807) is 6.92 Å². The van der Waals surface area contributed by atoms with Crippen LogP contribution in [0.4, 0.5) is 4.79 Å². The van der Waals surface area contributed by atoms with Gasteiger partial charge in [0.2, 0.25) is 0 Å². The quantitative estimate of drug-likeness (QED) is 0.400. The summed E-state index contributed by atoms with van der Waals surface area (Å²) in [5.41, 5.74) is 2.46. The standard InChI is InChI=1S/C31H44N4O3/c1-3-16-35(31(38)32-21-24-10-6-4-7-11-24)28-14-17-34(18-15-28)22-26-19-27(33-23(2)30(36)37)20-29(26)25-12-8-5-9-13-25/h4-13,23,26-29,33H,3,14-22H2,1-2H3,(H,32,38)(H,36,37)/t23?,26-,27?,29-/m1/s1. The van der Waals surface area contributed by atoms with Crippen molar-refractivity contribution in [3.63, 3.8) is 0 Å². The fraction of sp³-hybridized carbons (Fsp3) is 0.548. The van der Waals surface area contributed by atoms with E-state index in [0.29, 0.717) is 18.4 Å². The zero-order chi connectivity index (χ0) is 26.9. The third-order valence-electron chi connectivity index (χ3n) is 8.28. The molecular formula is C31H44N4O3. The molecule has 3 N–H and O–H groups in total. The van der Waals surface area contributed by atoms with Crippen molar-refractivity contribution in [2.24, 2.45) is 5.92 Å². The number of nitrogens with zero attached hydrogens (tertiary/aromatic N) is 2. The molecule has 2 fully saturated rings. The van der Waals surface area contributed by atoms with E-state index in [9.17, 15) is 14.7 Å². The number of hydrogen-bond acceptors (Lipinski definition) is 4. The maximum Gasteiger partial charge on any atom is 0.320 e. The molecule has 4 atom stereocenters. The topological polar surface area (TPSA) is 84.9 Å². The Hall–Kier alpha value is -2.90. The molecule has 1 saturated heterocycles. The summed E-state index contributed by atoms with van der Waals surface area (Å²) in [7, 11) is 0. The van der Waals surface area contributed by atoms with Gasteiger partial charge in [-0.2, -0.15) is 0 Å². The normalized spacial score (nSPS) is 23.2. The molecule has 0 bridgehead atoms. The minimum absolute atomic E-state index is 0.0376. The molecule has 1 aliphatic carbocycles. The predicted molar refractivity (Wildman–Crippen MR) is 151 cm³/mol. The van der Waals surface area contributed by atoms with Crippen molar-refractivity contribution in [2.75, 3.05) is 26.2 Å². The van der Waals surface area contributed by atoms with Crippen LogP contribution in [0.15, 0.2) is 60.7 Å². The minimum Gasteiger partial charge on any atom is -0.480 e. The molecule has 4 rings (SSSR count). The Morgan fingerprint density at radius 1 is 1.03 bits per heavy atom. The molecule has 7 heteroatoms. The number of aliphatic carboxylic acids is 1. The second-order valence-electron chi connectivity index (χ2n) is 11.0. The number of rotatable bonds is 11. The molecule has 7 nitrogen and oxygen atoms in total. The van der Waals surface area contributed by atoms with E-state index in [4.69, 9.17) is 0 Å². The highest BCUT2D eigenvalue weighted by molar-refractivity contribution is 5.74. The predicted octanol–water partition coefficient (Wildman–Crippen LogP) is 4.70. The average Bonchev–Trinajstić information content (AvgIpc) is 3.33. The molecule has 2 amide bonds. The highest BCUT2D eigenvalue weighted by Gasteiger charge is 2.38. The number of benzene rings is 2. The first-order chi connectivity index (χ1) is 18.4. The molecule has 38 heavy (non-hydrogen) atoms. The summed E-state index contributed by atoms with van der Waals surface area (Å²) in [5, 5.41) is 15.9. The van der Waals surface area contributed by atoms with Crippen molar-refractivity contribution in [3.8, 4) is 0 Å². The molecule has 2 unspecified atom stereocenters. The lowest BCUT2D eigenvalue weighted by Gasteiger charge is -2.39. The van der Waals surface area contributed by atoms with Crippen LogP contribution in [0.2, 0.25) is 0 Å². The van der Waals surface area contributed by atoms with Gasteiger partial charge in [0.15, 0.2) is 0 Å². The SMILES string of the molecule is CCCN(C(=O)NCc1ccccc1)C1CCN(C[C@H]2CC(NC(C)C(=O)O)C[C@@H]2c2ccccc2)CC1. The molecule has 206 valence electrons. The van der Waals surface area contributed by atoms with Gasteiger partial charge in [0.1, 0.15) is 6.04 Å². The van der Waals surface area contributed by atoms with Crippen LogP contribution < -0.4 is 10.6 Å². The van der Waals surface area contributed by atoms with Crippen molar-refractivity contribution >= 4 is 12.0 Å². The average molecular weight is 521 g/mol. The first-order valence-corrected chi connectivity index (χ1v) is 14.3. The highest BCUT2D eigenvalue weighted by atomic mass is 16.4. The van der Waals surface area contributed by atoms with Gasteiger partial charge in [0, 0.05) is 44.8 Å². The van der Waals surface area contributed by atoms with E-state index in [2.05, 4.69) is 57.7 Å². The molecule has 2 aromatic rings. The Bertz CT molecular complexity index is 1010. The summed E-state index contributed by atoms with van der Waals surface area (Å²) >= 11 is 0. The van der Waals surface area contributed by atoms with Gasteiger partial charge in [-0.05, 0) is 62.0 Å². The largest absolute Gasteiger partial charge is 0.480 e. The number of carboxylic acid groups (broad SMARTS) is 1. The maximum atomic E-state index is 13.1. The number of urea groups is 1. The fourth-order valence-electron chi connectivity index (χ4n) is 6.31. The van der Waals surface area contributed by atoms with E-state index < -0.39 is 12.0 Å². The van der Waals surface area contributed by atoms with Gasteiger partial charge >= 0.3 is 12.0 Å². The summed E-state index contributed by atoms with van der Waals surface area (Å²) in [6.45, 7) is 8.18. The molecule has 1 saturated carbocycles. The Labute approximate surface area is 227 Å². The first kappa shape index (κ1) is 28.1. The third-order valence-corrected chi connectivity index (χ3v) is 8.28. The second-order valence-corrected chi connectivity index (χ2v) is 11.0. The number of likely N-dealkylation sites (tertiary alicyclic amines) is 1. The fourth-order valence-corrected chi connectivity index (χ4v) is 6.31. The Balaban J connectivity index is 1.33. The number of amides is 2. The van der Waals surface area contributed by atoms with Crippen LogP contribution in [0, 0.1) is 5.92 Å². The van der Waals surface area contributed by atoms with E-state index in [1.165, 1.54) is 5.56 Å². The zero-order valence-corrected chi connectivity index (χ0v) is 22.9. The summed E-state index contributed by atoms with van der Waals surface area (Å²) < 4.78 is 0. The molecule has 1 aliphatic heterocycles. The summed E-state index contributed by atoms with van der Waals surface area (Å²) in [6, 6.07) is 20.7. The smallest absolute Gasteiger partial charge is 0.320 e. The van der Waals surface area contributed by atoms with Crippen molar-refractivity contribution < 1.29 is 14.7 Å². The van der Waals surface area contributed by atoms with Gasteiger partial charge < -0.3 is 25.5 Å². The van der Waals surface area contributed by atoms with Gasteiger partial charge in [-0.15, -0.1) is 0 Å². The molecule has 0 aromatic heterocycles. The second kappa shape index (κ2) is 13.8. The summed E-state index contributed by atoms with van der Waals surface area (Å²) in [6.07, 6.45) is 4.87. The minimum atomic E-state index is -0.795. The lowest BCUT2D eigenvalue weighted by Crippen LogP contribution is -2.51. The molecule has 2 aliphatic rings. The molecule has 2 aromatic carbocycles. The van der Waals surface area contributed by atoms with Gasteiger partial charge in [-0.25, -0.2) is 4.79 Å². The van der Waals surface area contributed by atoms with Gasteiger partial charge in [-0.1, -0.05) is 67.6 Å². The van der Waals surface area contributed by atoms with Crippen molar-refractivity contribution in [3.05, 3.63) is 71.8 Å². The number of hydrogen-bond donors (Lipinski definition) is 3. The highest BCUT2D eigenvalue weighted by Crippen LogP contribution is 2.41. The van der Waals surface area contributed by atoms with Crippen LogP contribution in [0.5, 0.6) is 0 Å². The van der Waals surface area contributed by atoms with E-state index in [0.717, 1.165) is 63.8 Å². The van der Waals surface area contributed by atoms with Crippen LogP contribution in [-0.2, 0) is 11.3 Å². The van der Waals surface area contributed by atoms with Crippen LogP contribution in [0.3, 0.4) is 0 Å². The zero-order valence-electron chi connectivity index (χ0n) is 22.9. The Kier molecular flexibility index (Phi) is 10.2. The Morgan fingerprint density at radius 2 is 1.68 bits per heavy atom. The van der Waals surface area contributed by atoms with Crippen LogP contribution in [0.25, 0.3) is 0 Å². The first-order valence-electron chi connectivity index (χ1n) is 14.3. The lowest BCUT2D eigenvalue weighted by molar-refractivity contribution is -0.139. The number of nitrogens with one attached hydrogen (secondary N) is 2. The molecule has 1 heterocycles. The monoisotopic (exact) mass is 520 g/mol. The maximum absolute atomic E-state index is 13.1. The van der Waals surface area contributed by atoms with Crippen molar-refractivity contribution in [1.82, 2.24) is 20.4 Å². The summed E-state index contributed by atoms with van der Waals surface area (Å²) in [4.78, 5) is 29.1. The number of piperidine rings is 1. The van der Waals surface area contributed by atoms with Crippen LogP contribution in [0.1, 0.15) is 63.0 Å². The van der Waals surface area contributed by atoms with Crippen LogP contribution in [-0.4, -0.2) is 71.2 Å². The molecular weight excluding hydrogens is 476 g/mol. The molecule has 0 spiro atoms.